The molecule has 202 valence electrons. The third-order valence-electron chi connectivity index (χ3n) is 7.79. The van der Waals surface area contributed by atoms with Crippen LogP contribution in [0.5, 0.6) is 0 Å². The Labute approximate surface area is 227 Å². The number of aliphatic hydroxyl groups is 1. The van der Waals surface area contributed by atoms with Crippen molar-refractivity contribution in [2.24, 2.45) is 0 Å². The topological polar surface area (TPSA) is 104 Å². The zero-order valence-electron chi connectivity index (χ0n) is 22.6. The molecule has 0 aliphatic carbocycles. The average molecular weight is 527 g/mol. The molecule has 4 aromatic rings. The lowest BCUT2D eigenvalue weighted by Crippen LogP contribution is -2.44. The van der Waals surface area contributed by atoms with Crippen LogP contribution in [0.1, 0.15) is 32.4 Å². The van der Waals surface area contributed by atoms with Crippen LogP contribution in [0.3, 0.4) is 0 Å². The van der Waals surface area contributed by atoms with E-state index in [0.717, 1.165) is 37.4 Å². The van der Waals surface area contributed by atoms with Crippen LogP contribution in [0.2, 0.25) is 0 Å². The fourth-order valence-electron chi connectivity index (χ4n) is 5.19. The van der Waals surface area contributed by atoms with Gasteiger partial charge in [-0.05, 0) is 70.1 Å². The molecular weight excluding hydrogens is 492 g/mol. The van der Waals surface area contributed by atoms with E-state index in [9.17, 15) is 9.90 Å². The van der Waals surface area contributed by atoms with Crippen molar-refractivity contribution in [3.05, 3.63) is 76.4 Å². The molecule has 1 atom stereocenters. The predicted molar refractivity (Wildman–Crippen MR) is 153 cm³/mol. The summed E-state index contributed by atoms with van der Waals surface area (Å²) in [6, 6.07) is 13.8. The number of nitrogens with zero attached hydrogens (tertiary/aromatic N) is 7. The van der Waals surface area contributed by atoms with Crippen LogP contribution in [-0.2, 0) is 12.1 Å². The van der Waals surface area contributed by atoms with Crippen molar-refractivity contribution < 1.29 is 5.11 Å². The molecule has 2 N–H and O–H groups in total. The number of allylic oxidation sites excluding steroid dienone is 2. The summed E-state index contributed by atoms with van der Waals surface area (Å²) in [5.41, 5.74) is 2.89. The Morgan fingerprint density at radius 2 is 1.79 bits per heavy atom. The Morgan fingerprint density at radius 1 is 1.03 bits per heavy atom. The first kappa shape index (κ1) is 25.3. The van der Waals surface area contributed by atoms with Gasteiger partial charge in [-0.1, -0.05) is 17.7 Å². The quantitative estimate of drug-likeness (QED) is 0.392. The number of hydrogen-bond donors (Lipinski definition) is 2. The minimum atomic E-state index is -1.10. The molecule has 3 aromatic heterocycles. The molecule has 1 saturated heterocycles. The van der Waals surface area contributed by atoms with E-state index >= 15 is 0 Å². The lowest BCUT2D eigenvalue weighted by molar-refractivity contribution is 0.0435. The summed E-state index contributed by atoms with van der Waals surface area (Å²) in [6.45, 7) is 8.30. The van der Waals surface area contributed by atoms with Crippen molar-refractivity contribution in [2.75, 3.05) is 43.4 Å². The second kappa shape index (κ2) is 9.94. The molecule has 10 heteroatoms. The molecule has 2 aliphatic rings. The highest BCUT2D eigenvalue weighted by atomic mass is 16.3. The second-order valence-electron chi connectivity index (χ2n) is 10.8. The molecule has 39 heavy (non-hydrogen) atoms. The number of benzene rings is 1. The van der Waals surface area contributed by atoms with Crippen molar-refractivity contribution in [2.45, 2.75) is 38.8 Å². The summed E-state index contributed by atoms with van der Waals surface area (Å²) in [7, 11) is 2.15. The molecule has 0 amide bonds. The number of rotatable bonds is 3. The van der Waals surface area contributed by atoms with E-state index in [1.54, 1.807) is 22.5 Å². The van der Waals surface area contributed by atoms with Gasteiger partial charge in [-0.25, -0.2) is 19.3 Å². The van der Waals surface area contributed by atoms with Crippen molar-refractivity contribution in [3.63, 3.8) is 0 Å². The van der Waals surface area contributed by atoms with Gasteiger partial charge in [-0.15, -0.1) is 0 Å². The van der Waals surface area contributed by atoms with Gasteiger partial charge >= 0.3 is 0 Å². The Bertz CT molecular complexity index is 1590. The number of nitrogens with one attached hydrogen (secondary N) is 1. The summed E-state index contributed by atoms with van der Waals surface area (Å²) >= 11 is 0. The third-order valence-corrected chi connectivity index (χ3v) is 7.79. The van der Waals surface area contributed by atoms with Gasteiger partial charge in [0.05, 0.1) is 12.2 Å². The van der Waals surface area contributed by atoms with Gasteiger partial charge < -0.3 is 20.2 Å². The van der Waals surface area contributed by atoms with Crippen molar-refractivity contribution in [1.29, 1.82) is 0 Å². The highest BCUT2D eigenvalue weighted by Crippen LogP contribution is 2.28. The maximum absolute atomic E-state index is 13.5. The van der Waals surface area contributed by atoms with Crippen LogP contribution >= 0.6 is 0 Å². The van der Waals surface area contributed by atoms with Gasteiger partial charge in [0, 0.05) is 43.8 Å². The van der Waals surface area contributed by atoms with Crippen LogP contribution in [0, 0.1) is 0 Å². The van der Waals surface area contributed by atoms with E-state index in [4.69, 9.17) is 9.97 Å². The van der Waals surface area contributed by atoms with Crippen LogP contribution in [0.25, 0.3) is 16.9 Å². The molecule has 0 spiro atoms. The maximum atomic E-state index is 13.5. The van der Waals surface area contributed by atoms with Gasteiger partial charge in [-0.3, -0.25) is 4.79 Å². The summed E-state index contributed by atoms with van der Waals surface area (Å²) < 4.78 is 3.36. The van der Waals surface area contributed by atoms with Gasteiger partial charge in [-0.2, -0.15) is 4.98 Å². The molecule has 6 rings (SSSR count). The number of hydrogen-bond acceptors (Lipinski definition) is 8. The molecule has 1 fully saturated rings. The Balaban J connectivity index is 1.38. The molecule has 5 heterocycles. The minimum Gasteiger partial charge on any atom is -0.384 e. The zero-order chi connectivity index (χ0) is 27.1. The smallest absolute Gasteiger partial charge is 0.278 e. The number of aromatic nitrogens is 5. The average Bonchev–Trinajstić information content (AvgIpc) is 3.21. The first-order valence-corrected chi connectivity index (χ1v) is 13.4. The fraction of sp³-hybridized carbons (Fsp3) is 0.379. The molecular formula is C29H34N8O2. The number of piperazine rings is 1. The number of likely N-dealkylation sites (N-methyl/N-ethyl adjacent to an activating group) is 1. The molecule has 2 aliphatic heterocycles. The summed E-state index contributed by atoms with van der Waals surface area (Å²) in [5.74, 6) is 0.911. The molecule has 0 radical (unpaired) electrons. The minimum absolute atomic E-state index is 0.185. The number of pyridine rings is 1. The number of fused-ring (bicyclic) bond motifs is 6. The zero-order valence-corrected chi connectivity index (χ0v) is 22.6. The summed E-state index contributed by atoms with van der Waals surface area (Å²) in [5, 5.41) is 14.9. The first-order valence-electron chi connectivity index (χ1n) is 13.4. The Hall–Kier alpha value is -4.02. The predicted octanol–water partition coefficient (Wildman–Crippen LogP) is 3.42. The maximum Gasteiger partial charge on any atom is 0.278 e. The third kappa shape index (κ3) is 4.93. The highest BCUT2D eigenvalue weighted by Gasteiger charge is 2.27. The van der Waals surface area contributed by atoms with Crippen LogP contribution < -0.4 is 15.8 Å². The van der Waals surface area contributed by atoms with Gasteiger partial charge in [0.25, 0.3) is 5.56 Å². The van der Waals surface area contributed by atoms with Crippen molar-refractivity contribution in [3.8, 4) is 5.82 Å². The lowest BCUT2D eigenvalue weighted by atomic mass is 9.93. The highest BCUT2D eigenvalue weighted by molar-refractivity contribution is 5.77. The second-order valence-corrected chi connectivity index (χ2v) is 10.8. The van der Waals surface area contributed by atoms with Crippen LogP contribution in [0.4, 0.5) is 17.3 Å². The summed E-state index contributed by atoms with van der Waals surface area (Å²) in [4.78, 5) is 32.2. The van der Waals surface area contributed by atoms with Crippen molar-refractivity contribution in [1.82, 2.24) is 29.2 Å². The summed E-state index contributed by atoms with van der Waals surface area (Å²) in [6.07, 6.45) is 4.84. The molecule has 1 aromatic carbocycles. The largest absolute Gasteiger partial charge is 0.384 e. The Kier molecular flexibility index (Phi) is 6.44. The SMILES string of the molecule is C/C1=C/Cn2c(=O)c3cnc(Nc4ccc(N5CCN(C)CC5)cc4)nc3n2-c2cccc(n2)C(C)(O)CC1. The monoisotopic (exact) mass is 526 g/mol. The van der Waals surface area contributed by atoms with E-state index in [-0.39, 0.29) is 5.56 Å². The first-order chi connectivity index (χ1) is 18.8. The van der Waals surface area contributed by atoms with E-state index in [0.29, 0.717) is 47.9 Å². The fourth-order valence-corrected chi connectivity index (χ4v) is 5.19. The molecule has 0 saturated carbocycles. The van der Waals surface area contributed by atoms with Gasteiger partial charge in [0.1, 0.15) is 11.0 Å². The van der Waals surface area contributed by atoms with E-state index in [1.807, 2.05) is 43.3 Å². The van der Waals surface area contributed by atoms with Gasteiger partial charge in [0.2, 0.25) is 5.95 Å². The molecule has 10 nitrogen and oxygen atoms in total. The van der Waals surface area contributed by atoms with Crippen molar-refractivity contribution >= 4 is 28.4 Å². The van der Waals surface area contributed by atoms with E-state index < -0.39 is 5.60 Å². The van der Waals surface area contributed by atoms with Crippen LogP contribution in [0.15, 0.2) is 65.1 Å². The molecule has 1 unspecified atom stereocenters. The lowest BCUT2D eigenvalue weighted by Gasteiger charge is -2.34. The Morgan fingerprint density at radius 3 is 2.56 bits per heavy atom. The molecule has 2 bridgehead atoms. The normalized spacial score (nSPS) is 21.6. The van der Waals surface area contributed by atoms with Crippen LogP contribution in [-0.4, -0.2) is 67.5 Å². The van der Waals surface area contributed by atoms with E-state index in [2.05, 4.69) is 39.3 Å². The van der Waals surface area contributed by atoms with E-state index in [1.165, 1.54) is 5.69 Å². The standard InChI is InChI=1S/C29H34N8O2/c1-20-11-13-29(2,39)24-5-4-6-25(32-24)37-26-23(27(38)36(37)14-12-20)19-30-28(33-26)31-21-7-9-22(10-8-21)35-17-15-34(3)16-18-35/h4-10,12,19,39H,11,13-18H2,1-3H3,(H,30,31,33)/b20-12-. The number of anilines is 3. The van der Waals surface area contributed by atoms with Gasteiger partial charge in [0.15, 0.2) is 11.5 Å².